The smallest absolute Gasteiger partial charge is 0.274 e. The number of hydrogen-bond donors (Lipinski definition) is 2. The molecule has 3 heterocycles. The van der Waals surface area contributed by atoms with Gasteiger partial charge in [-0.05, 0) is 25.0 Å². The van der Waals surface area contributed by atoms with Crippen LogP contribution in [-0.2, 0) is 7.05 Å². The zero-order valence-corrected chi connectivity index (χ0v) is 10.8. The van der Waals surface area contributed by atoms with Crippen LogP contribution >= 0.6 is 0 Å². The fraction of sp³-hybridized carbons (Fsp3) is 0.385. The lowest BCUT2D eigenvalue weighted by Crippen LogP contribution is -2.32. The number of anilines is 1. The van der Waals surface area contributed by atoms with E-state index in [1.165, 1.54) is 6.20 Å². The Labute approximate surface area is 111 Å². The van der Waals surface area contributed by atoms with E-state index in [-0.39, 0.29) is 11.9 Å². The summed E-state index contributed by atoms with van der Waals surface area (Å²) in [6.45, 7) is 0.757. The number of nitrogen functional groups attached to an aromatic ring is 1. The summed E-state index contributed by atoms with van der Waals surface area (Å²) in [6.07, 6.45) is 5.39. The number of hydrogen-bond acceptors (Lipinski definition) is 3. The Kier molecular flexibility index (Phi) is 2.77. The Bertz CT molecular complexity index is 567. The van der Waals surface area contributed by atoms with Crippen LogP contribution in [0.25, 0.3) is 0 Å². The molecule has 2 aromatic heterocycles. The van der Waals surface area contributed by atoms with Gasteiger partial charge in [0.05, 0.1) is 17.9 Å². The van der Waals surface area contributed by atoms with E-state index in [9.17, 15) is 4.79 Å². The number of nitrogens with two attached hydrogens (primary N) is 1. The minimum Gasteiger partial charge on any atom is -0.396 e. The Balaban J connectivity index is 1.91. The van der Waals surface area contributed by atoms with Gasteiger partial charge in [0.1, 0.15) is 5.69 Å². The number of rotatable bonds is 2. The molecular weight excluding hydrogens is 242 g/mol. The molecule has 1 amide bonds. The van der Waals surface area contributed by atoms with Crippen LogP contribution in [0.5, 0.6) is 0 Å². The van der Waals surface area contributed by atoms with Crippen molar-refractivity contribution in [2.24, 2.45) is 7.05 Å². The van der Waals surface area contributed by atoms with E-state index in [4.69, 9.17) is 5.73 Å². The number of aromatic nitrogens is 3. The van der Waals surface area contributed by atoms with E-state index in [0.29, 0.717) is 11.4 Å². The molecule has 3 N–H and O–H groups in total. The van der Waals surface area contributed by atoms with Crippen molar-refractivity contribution in [3.05, 3.63) is 35.9 Å². The summed E-state index contributed by atoms with van der Waals surface area (Å²) in [4.78, 5) is 17.7. The Morgan fingerprint density at radius 1 is 1.58 bits per heavy atom. The van der Waals surface area contributed by atoms with Gasteiger partial charge in [0.25, 0.3) is 5.91 Å². The lowest BCUT2D eigenvalue weighted by Gasteiger charge is -2.24. The highest BCUT2D eigenvalue weighted by molar-refractivity contribution is 5.97. The molecule has 0 radical (unpaired) electrons. The first-order chi connectivity index (χ1) is 9.18. The number of aryl methyl sites for hydroxylation is 1. The number of carbonyl (C=O) groups excluding carboxylic acids is 1. The third-order valence-corrected chi connectivity index (χ3v) is 3.66. The summed E-state index contributed by atoms with van der Waals surface area (Å²) in [5.74, 6) is -0.0467. The highest BCUT2D eigenvalue weighted by Gasteiger charge is 2.33. The minimum absolute atomic E-state index is 0.0467. The molecule has 0 bridgehead atoms. The van der Waals surface area contributed by atoms with E-state index in [0.717, 1.165) is 25.1 Å². The van der Waals surface area contributed by atoms with Gasteiger partial charge in [-0.2, -0.15) is 5.10 Å². The zero-order valence-electron chi connectivity index (χ0n) is 10.8. The maximum atomic E-state index is 12.6. The fourth-order valence-corrected chi connectivity index (χ4v) is 2.74. The van der Waals surface area contributed by atoms with E-state index in [2.05, 4.69) is 10.1 Å². The highest BCUT2D eigenvalue weighted by Crippen LogP contribution is 2.32. The topological polar surface area (TPSA) is 79.9 Å². The average molecular weight is 259 g/mol. The molecule has 1 atom stereocenters. The predicted molar refractivity (Wildman–Crippen MR) is 71.4 cm³/mol. The zero-order chi connectivity index (χ0) is 13.4. The maximum Gasteiger partial charge on any atom is 0.274 e. The molecule has 0 spiro atoms. The second kappa shape index (κ2) is 4.46. The first-order valence-electron chi connectivity index (χ1n) is 6.40. The second-order valence-electron chi connectivity index (χ2n) is 4.85. The van der Waals surface area contributed by atoms with Crippen molar-refractivity contribution in [3.63, 3.8) is 0 Å². The van der Waals surface area contributed by atoms with Gasteiger partial charge in [0, 0.05) is 25.5 Å². The first-order valence-corrected chi connectivity index (χ1v) is 6.40. The molecule has 6 nitrogen and oxygen atoms in total. The first kappa shape index (κ1) is 11.8. The monoisotopic (exact) mass is 259 g/mol. The fourth-order valence-electron chi connectivity index (χ4n) is 2.74. The van der Waals surface area contributed by atoms with E-state index >= 15 is 0 Å². The normalized spacial score (nSPS) is 19.0. The number of carbonyl (C=O) groups is 1. The van der Waals surface area contributed by atoms with Gasteiger partial charge < -0.3 is 15.6 Å². The van der Waals surface area contributed by atoms with Crippen LogP contribution in [0.15, 0.2) is 24.5 Å². The lowest BCUT2D eigenvalue weighted by atomic mass is 10.1. The molecule has 100 valence electrons. The molecule has 0 aromatic carbocycles. The van der Waals surface area contributed by atoms with Crippen LogP contribution in [0.2, 0.25) is 0 Å². The molecule has 2 aromatic rings. The van der Waals surface area contributed by atoms with Gasteiger partial charge in [-0.15, -0.1) is 0 Å². The molecule has 19 heavy (non-hydrogen) atoms. The number of H-pyrrole nitrogens is 1. The van der Waals surface area contributed by atoms with Crippen molar-refractivity contribution in [2.45, 2.75) is 18.9 Å². The molecule has 1 aliphatic heterocycles. The number of amides is 1. The van der Waals surface area contributed by atoms with E-state index in [1.807, 2.05) is 23.2 Å². The van der Waals surface area contributed by atoms with Crippen LogP contribution in [0.4, 0.5) is 5.69 Å². The summed E-state index contributed by atoms with van der Waals surface area (Å²) in [7, 11) is 1.74. The van der Waals surface area contributed by atoms with Gasteiger partial charge in [-0.3, -0.25) is 9.48 Å². The molecule has 1 fully saturated rings. The summed E-state index contributed by atoms with van der Waals surface area (Å²) < 4.78 is 1.54. The minimum atomic E-state index is -0.0467. The average Bonchev–Trinajstić information content (AvgIpc) is 3.08. The van der Waals surface area contributed by atoms with Gasteiger partial charge in [-0.1, -0.05) is 0 Å². The van der Waals surface area contributed by atoms with Gasteiger partial charge in [0.2, 0.25) is 0 Å². The van der Waals surface area contributed by atoms with Crippen LogP contribution in [0.3, 0.4) is 0 Å². The Hall–Kier alpha value is -2.24. The highest BCUT2D eigenvalue weighted by atomic mass is 16.2. The number of nitrogens with zero attached hydrogens (tertiary/aromatic N) is 3. The van der Waals surface area contributed by atoms with E-state index in [1.54, 1.807) is 11.7 Å². The van der Waals surface area contributed by atoms with Crippen molar-refractivity contribution in [1.29, 1.82) is 0 Å². The molecule has 1 unspecified atom stereocenters. The molecule has 0 aliphatic carbocycles. The van der Waals surface area contributed by atoms with Gasteiger partial charge in [-0.25, -0.2) is 0 Å². The van der Waals surface area contributed by atoms with Gasteiger partial charge >= 0.3 is 0 Å². The largest absolute Gasteiger partial charge is 0.396 e. The number of nitrogens with one attached hydrogen (secondary N) is 1. The standard InChI is InChI=1S/C13H17N5O/c1-17-12(9(14)8-16-17)13(19)18-7-3-5-11(18)10-4-2-6-15-10/h2,4,6,8,11,15H,3,5,7,14H2,1H3. The van der Waals surface area contributed by atoms with Crippen molar-refractivity contribution in [2.75, 3.05) is 12.3 Å². The second-order valence-corrected chi connectivity index (χ2v) is 4.85. The summed E-state index contributed by atoms with van der Waals surface area (Å²) in [5.41, 5.74) is 7.82. The third-order valence-electron chi connectivity index (χ3n) is 3.66. The molecule has 6 heteroatoms. The number of likely N-dealkylation sites (tertiary alicyclic amines) is 1. The SMILES string of the molecule is Cn1ncc(N)c1C(=O)N1CCCC1c1ccc[nH]1. The molecule has 3 rings (SSSR count). The summed E-state index contributed by atoms with van der Waals surface area (Å²) in [5, 5.41) is 4.03. The molecule has 1 aliphatic rings. The quantitative estimate of drug-likeness (QED) is 0.853. The predicted octanol–water partition coefficient (Wildman–Crippen LogP) is 1.31. The van der Waals surface area contributed by atoms with Crippen molar-refractivity contribution >= 4 is 11.6 Å². The van der Waals surface area contributed by atoms with E-state index < -0.39 is 0 Å². The van der Waals surface area contributed by atoms with Crippen LogP contribution in [0, 0.1) is 0 Å². The maximum absolute atomic E-state index is 12.6. The Morgan fingerprint density at radius 2 is 2.42 bits per heavy atom. The van der Waals surface area contributed by atoms with Crippen molar-refractivity contribution < 1.29 is 4.79 Å². The lowest BCUT2D eigenvalue weighted by molar-refractivity contribution is 0.0723. The van der Waals surface area contributed by atoms with Gasteiger partial charge in [0.15, 0.2) is 0 Å². The van der Waals surface area contributed by atoms with Crippen LogP contribution < -0.4 is 5.73 Å². The van der Waals surface area contributed by atoms with Crippen molar-refractivity contribution in [1.82, 2.24) is 19.7 Å². The molecule has 0 saturated carbocycles. The summed E-state index contributed by atoms with van der Waals surface area (Å²) in [6, 6.07) is 4.08. The third kappa shape index (κ3) is 1.89. The molecule has 1 saturated heterocycles. The molecular formula is C13H17N5O. The van der Waals surface area contributed by atoms with Crippen molar-refractivity contribution in [3.8, 4) is 0 Å². The summed E-state index contributed by atoms with van der Waals surface area (Å²) >= 11 is 0. The number of aromatic amines is 1. The van der Waals surface area contributed by atoms with Crippen LogP contribution in [0.1, 0.15) is 35.1 Å². The van der Waals surface area contributed by atoms with Crippen LogP contribution in [-0.4, -0.2) is 32.1 Å². The Morgan fingerprint density at radius 3 is 3.05 bits per heavy atom.